The smallest absolute Gasteiger partial charge is 0.137 e. The normalized spacial score (nSPS) is 23.8. The molecule has 0 fully saturated rings. The molecule has 0 saturated heterocycles. The zero-order valence-corrected chi connectivity index (χ0v) is 12.2. The highest BCUT2D eigenvalue weighted by Crippen LogP contribution is 2.24. The lowest BCUT2D eigenvalue weighted by molar-refractivity contribution is 0.317. The maximum Gasteiger partial charge on any atom is 0.137 e. The van der Waals surface area contributed by atoms with Gasteiger partial charge in [-0.1, -0.05) is 18.2 Å². The molecular weight excluding hydrogens is 276 g/mol. The van der Waals surface area contributed by atoms with Crippen molar-refractivity contribution in [3.63, 3.8) is 0 Å². The van der Waals surface area contributed by atoms with Gasteiger partial charge in [0, 0.05) is 11.3 Å². The van der Waals surface area contributed by atoms with Crippen molar-refractivity contribution in [2.75, 3.05) is 0 Å². The van der Waals surface area contributed by atoms with Crippen LogP contribution in [0.15, 0.2) is 70.9 Å². The summed E-state index contributed by atoms with van der Waals surface area (Å²) in [4.78, 5) is 0. The van der Waals surface area contributed by atoms with E-state index in [1.54, 1.807) is 31.2 Å². The van der Waals surface area contributed by atoms with Crippen LogP contribution >= 0.6 is 0 Å². The van der Waals surface area contributed by atoms with Crippen LogP contribution in [0.2, 0.25) is 0 Å². The van der Waals surface area contributed by atoms with Crippen molar-refractivity contribution in [2.24, 2.45) is 11.5 Å². The molecule has 22 heavy (non-hydrogen) atoms. The molecule has 0 spiro atoms. The molecule has 2 aliphatic rings. The Morgan fingerprint density at radius 1 is 1.36 bits per heavy atom. The number of ether oxygens (including phenoxy) is 1. The van der Waals surface area contributed by atoms with E-state index in [0.717, 1.165) is 0 Å². The first kappa shape index (κ1) is 15.4. The predicted molar refractivity (Wildman–Crippen MR) is 83.3 cm³/mol. The standard InChI is InChI=1S/C17H16N4O/c1-12-8-13(14(10-18)11-19)9-16(22-12)4-7-17(21)5-2-15(20)3-6-17/h2-5,7-9H,6,20-21H2,1H3. The van der Waals surface area contributed by atoms with E-state index in [0.29, 0.717) is 29.2 Å². The number of allylic oxidation sites excluding steroid dienone is 7. The molecule has 1 aliphatic heterocycles. The summed E-state index contributed by atoms with van der Waals surface area (Å²) < 4.78 is 5.58. The number of nitriles is 2. The Labute approximate surface area is 129 Å². The minimum absolute atomic E-state index is 0.0456. The number of hydrogen-bond acceptors (Lipinski definition) is 5. The van der Waals surface area contributed by atoms with Crippen LogP contribution in [0.1, 0.15) is 13.3 Å². The van der Waals surface area contributed by atoms with E-state index in [9.17, 15) is 0 Å². The molecule has 5 heteroatoms. The molecule has 0 aromatic carbocycles. The summed E-state index contributed by atoms with van der Waals surface area (Å²) in [5, 5.41) is 17.9. The molecule has 2 rings (SSSR count). The Morgan fingerprint density at radius 3 is 2.68 bits per heavy atom. The molecule has 0 radical (unpaired) electrons. The van der Waals surface area contributed by atoms with E-state index >= 15 is 0 Å². The van der Waals surface area contributed by atoms with Crippen molar-refractivity contribution in [1.29, 1.82) is 10.5 Å². The summed E-state index contributed by atoms with van der Waals surface area (Å²) in [5.41, 5.74) is 12.6. The van der Waals surface area contributed by atoms with E-state index in [1.807, 2.05) is 30.4 Å². The molecule has 1 aliphatic carbocycles. The van der Waals surface area contributed by atoms with E-state index in [-0.39, 0.29) is 5.57 Å². The van der Waals surface area contributed by atoms with Gasteiger partial charge in [0.15, 0.2) is 0 Å². The molecule has 5 nitrogen and oxygen atoms in total. The molecule has 1 unspecified atom stereocenters. The van der Waals surface area contributed by atoms with Gasteiger partial charge in [-0.2, -0.15) is 10.5 Å². The molecule has 0 aromatic heterocycles. The van der Waals surface area contributed by atoms with E-state index in [4.69, 9.17) is 26.7 Å². The molecule has 4 N–H and O–H groups in total. The van der Waals surface area contributed by atoms with Gasteiger partial charge < -0.3 is 16.2 Å². The van der Waals surface area contributed by atoms with Gasteiger partial charge in [-0.15, -0.1) is 0 Å². The average molecular weight is 292 g/mol. The molecule has 110 valence electrons. The Morgan fingerprint density at radius 2 is 2.09 bits per heavy atom. The van der Waals surface area contributed by atoms with Crippen molar-refractivity contribution < 1.29 is 4.74 Å². The molecule has 0 bridgehead atoms. The summed E-state index contributed by atoms with van der Waals surface area (Å²) in [6.45, 7) is 1.76. The Bertz CT molecular complexity index is 735. The van der Waals surface area contributed by atoms with Crippen LogP contribution in [0.4, 0.5) is 0 Å². The maximum absolute atomic E-state index is 8.96. The van der Waals surface area contributed by atoms with Crippen molar-refractivity contribution in [3.05, 3.63) is 70.9 Å². The first-order valence-corrected chi connectivity index (χ1v) is 6.71. The van der Waals surface area contributed by atoms with Crippen LogP contribution in [0.5, 0.6) is 0 Å². The molecule has 0 aromatic rings. The number of nitrogens with zero attached hydrogens (tertiary/aromatic N) is 2. The monoisotopic (exact) mass is 292 g/mol. The fourth-order valence-corrected chi connectivity index (χ4v) is 2.08. The number of hydrogen-bond donors (Lipinski definition) is 2. The van der Waals surface area contributed by atoms with Crippen LogP contribution in [0.25, 0.3) is 0 Å². The van der Waals surface area contributed by atoms with Crippen LogP contribution in [-0.2, 0) is 4.74 Å². The summed E-state index contributed by atoms with van der Waals surface area (Å²) in [6.07, 6.45) is 12.9. The predicted octanol–water partition coefficient (Wildman–Crippen LogP) is 2.20. The van der Waals surface area contributed by atoms with Crippen LogP contribution in [0.3, 0.4) is 0 Å². The second kappa shape index (κ2) is 6.17. The average Bonchev–Trinajstić information content (AvgIpc) is 2.50. The van der Waals surface area contributed by atoms with Crippen LogP contribution < -0.4 is 11.5 Å². The van der Waals surface area contributed by atoms with Gasteiger partial charge >= 0.3 is 0 Å². The minimum Gasteiger partial charge on any atom is -0.462 e. The van der Waals surface area contributed by atoms with Gasteiger partial charge in [-0.25, -0.2) is 0 Å². The number of rotatable bonds is 2. The van der Waals surface area contributed by atoms with Gasteiger partial charge in [-0.05, 0) is 37.6 Å². The Balaban J connectivity index is 2.26. The molecular formula is C17H16N4O. The second-order valence-corrected chi connectivity index (χ2v) is 5.14. The van der Waals surface area contributed by atoms with Crippen molar-refractivity contribution in [3.8, 4) is 12.1 Å². The highest BCUT2D eigenvalue weighted by molar-refractivity contribution is 5.53. The SMILES string of the molecule is CC1=CC(=C(C#N)C#N)C=C(C=CC2(N)C=CC(N)=CC2)O1. The summed E-state index contributed by atoms with van der Waals surface area (Å²) in [6, 6.07) is 3.75. The van der Waals surface area contributed by atoms with Gasteiger partial charge in [-0.3, -0.25) is 0 Å². The van der Waals surface area contributed by atoms with Crippen molar-refractivity contribution in [2.45, 2.75) is 18.9 Å². The van der Waals surface area contributed by atoms with E-state index < -0.39 is 5.54 Å². The highest BCUT2D eigenvalue weighted by Gasteiger charge is 2.20. The minimum atomic E-state index is -0.626. The summed E-state index contributed by atoms with van der Waals surface area (Å²) in [5.74, 6) is 1.13. The largest absolute Gasteiger partial charge is 0.462 e. The fourth-order valence-electron chi connectivity index (χ4n) is 2.08. The Hall–Kier alpha value is -3.02. The van der Waals surface area contributed by atoms with Crippen LogP contribution in [0, 0.1) is 22.7 Å². The molecule has 0 saturated carbocycles. The van der Waals surface area contributed by atoms with E-state index in [2.05, 4.69) is 0 Å². The third kappa shape index (κ3) is 3.54. The highest BCUT2D eigenvalue weighted by atomic mass is 16.5. The summed E-state index contributed by atoms with van der Waals surface area (Å²) >= 11 is 0. The second-order valence-electron chi connectivity index (χ2n) is 5.14. The van der Waals surface area contributed by atoms with E-state index in [1.165, 1.54) is 0 Å². The molecule has 0 amide bonds. The summed E-state index contributed by atoms with van der Waals surface area (Å²) in [7, 11) is 0. The molecule has 1 atom stereocenters. The van der Waals surface area contributed by atoms with Gasteiger partial charge in [0.25, 0.3) is 0 Å². The topological polar surface area (TPSA) is 109 Å². The number of nitrogens with two attached hydrogens (primary N) is 2. The lowest BCUT2D eigenvalue weighted by atomic mass is 9.91. The fraction of sp³-hybridized carbons (Fsp3) is 0.176. The lowest BCUT2D eigenvalue weighted by Gasteiger charge is -2.24. The van der Waals surface area contributed by atoms with Crippen molar-refractivity contribution >= 4 is 0 Å². The quantitative estimate of drug-likeness (QED) is 0.758. The van der Waals surface area contributed by atoms with Gasteiger partial charge in [0.1, 0.15) is 29.2 Å². The van der Waals surface area contributed by atoms with Crippen molar-refractivity contribution in [1.82, 2.24) is 0 Å². The van der Waals surface area contributed by atoms with Gasteiger partial charge in [0.2, 0.25) is 0 Å². The first-order valence-electron chi connectivity index (χ1n) is 6.71. The zero-order valence-electron chi connectivity index (χ0n) is 12.2. The van der Waals surface area contributed by atoms with Gasteiger partial charge in [0.05, 0.1) is 5.54 Å². The maximum atomic E-state index is 8.96. The third-order valence-electron chi connectivity index (χ3n) is 3.28. The lowest BCUT2D eigenvalue weighted by Crippen LogP contribution is -2.36. The third-order valence-corrected chi connectivity index (χ3v) is 3.28. The van der Waals surface area contributed by atoms with Crippen LogP contribution in [-0.4, -0.2) is 5.54 Å². The molecule has 1 heterocycles. The Kier molecular flexibility index (Phi) is 4.31. The first-order chi connectivity index (χ1) is 10.5. The zero-order chi connectivity index (χ0) is 16.2.